The summed E-state index contributed by atoms with van der Waals surface area (Å²) in [6.07, 6.45) is -4.97. The van der Waals surface area contributed by atoms with E-state index in [1.807, 2.05) is 13.8 Å². The van der Waals surface area contributed by atoms with Gasteiger partial charge in [-0.15, -0.1) is 0 Å². The molecule has 19 heavy (non-hydrogen) atoms. The highest BCUT2D eigenvalue weighted by Crippen LogP contribution is 2.30. The third-order valence-electron chi connectivity index (χ3n) is 2.50. The van der Waals surface area contributed by atoms with E-state index in [-0.39, 0.29) is 0 Å². The third kappa shape index (κ3) is 4.36. The van der Waals surface area contributed by atoms with Crippen LogP contribution in [0.3, 0.4) is 0 Å². The van der Waals surface area contributed by atoms with Crippen LogP contribution in [0, 0.1) is 0 Å². The molecule has 2 nitrogen and oxygen atoms in total. The monoisotopic (exact) mass is 274 g/mol. The summed E-state index contributed by atoms with van der Waals surface area (Å²) >= 11 is 0. The molecule has 5 heteroatoms. The first-order chi connectivity index (χ1) is 8.90. The van der Waals surface area contributed by atoms with Crippen LogP contribution in [0.1, 0.15) is 25.0 Å². The molecule has 0 aliphatic rings. The first-order valence-electron chi connectivity index (χ1n) is 5.99. The normalized spacial score (nSPS) is 11.9. The first-order valence-corrected chi connectivity index (χ1v) is 5.99. The smallest absolute Gasteiger partial charge is 0.349 e. The molecule has 0 radical (unpaired) electrons. The van der Waals surface area contributed by atoms with Crippen molar-refractivity contribution < 1.29 is 22.6 Å². The summed E-state index contributed by atoms with van der Waals surface area (Å²) in [5.41, 5.74) is 0.394. The number of benzene rings is 1. The van der Waals surface area contributed by atoms with Crippen molar-refractivity contribution in [2.24, 2.45) is 0 Å². The van der Waals surface area contributed by atoms with Crippen molar-refractivity contribution in [1.82, 2.24) is 0 Å². The van der Waals surface area contributed by atoms with Crippen molar-refractivity contribution in [1.29, 1.82) is 0 Å². The van der Waals surface area contributed by atoms with Crippen LogP contribution in [-0.4, -0.2) is 19.5 Å². The Bertz CT molecular complexity index is 404. The van der Waals surface area contributed by atoms with E-state index in [1.165, 1.54) is 12.1 Å². The molecule has 0 aliphatic carbocycles. The molecule has 0 atom stereocenters. The highest BCUT2D eigenvalue weighted by Gasteiger charge is 2.30. The number of ether oxygens (including phenoxy) is 2. The summed E-state index contributed by atoms with van der Waals surface area (Å²) in [7, 11) is 0. The average molecular weight is 274 g/mol. The van der Waals surface area contributed by atoms with E-state index in [0.717, 1.165) is 12.1 Å². The van der Waals surface area contributed by atoms with Crippen LogP contribution in [-0.2, 0) is 15.7 Å². The Kier molecular flexibility index (Phi) is 5.57. The first kappa shape index (κ1) is 15.7. The number of alkyl halides is 3. The topological polar surface area (TPSA) is 18.5 Å². The fraction of sp³-hybridized carbons (Fsp3) is 0.429. The molecule has 1 aromatic carbocycles. The van der Waals surface area contributed by atoms with Gasteiger partial charge in [0.05, 0.1) is 5.56 Å². The predicted molar refractivity (Wildman–Crippen MR) is 67.5 cm³/mol. The lowest BCUT2D eigenvalue weighted by Gasteiger charge is -2.19. The van der Waals surface area contributed by atoms with Gasteiger partial charge in [-0.2, -0.15) is 13.2 Å². The van der Waals surface area contributed by atoms with E-state index >= 15 is 0 Å². The van der Waals surface area contributed by atoms with Gasteiger partial charge < -0.3 is 9.47 Å². The maximum Gasteiger partial charge on any atom is 0.416 e. The predicted octanol–water partition coefficient (Wildman–Crippen LogP) is 4.12. The molecule has 0 saturated heterocycles. The van der Waals surface area contributed by atoms with Gasteiger partial charge >= 0.3 is 6.18 Å². The van der Waals surface area contributed by atoms with Crippen molar-refractivity contribution in [2.45, 2.75) is 26.3 Å². The van der Waals surface area contributed by atoms with E-state index in [4.69, 9.17) is 9.47 Å². The van der Waals surface area contributed by atoms with Crippen LogP contribution in [0.25, 0.3) is 5.57 Å². The molecular weight excluding hydrogens is 257 g/mol. The third-order valence-corrected chi connectivity index (χ3v) is 2.50. The molecule has 0 heterocycles. The number of hydrogen-bond acceptors (Lipinski definition) is 2. The highest BCUT2D eigenvalue weighted by molar-refractivity contribution is 5.65. The van der Waals surface area contributed by atoms with Gasteiger partial charge in [-0.05, 0) is 31.5 Å². The molecule has 0 spiro atoms. The van der Waals surface area contributed by atoms with Gasteiger partial charge in [0.2, 0.25) is 0 Å². The molecule has 0 saturated carbocycles. The van der Waals surface area contributed by atoms with E-state index in [2.05, 4.69) is 6.58 Å². The van der Waals surface area contributed by atoms with Crippen molar-refractivity contribution >= 4 is 5.57 Å². The van der Waals surface area contributed by atoms with E-state index in [1.54, 1.807) is 0 Å². The van der Waals surface area contributed by atoms with Crippen LogP contribution in [0.15, 0.2) is 30.8 Å². The maximum atomic E-state index is 12.4. The van der Waals surface area contributed by atoms with Gasteiger partial charge in [-0.1, -0.05) is 18.7 Å². The Morgan fingerprint density at radius 2 is 1.58 bits per heavy atom. The summed E-state index contributed by atoms with van der Waals surface area (Å²) in [6.45, 7) is 8.32. The van der Waals surface area contributed by atoms with Gasteiger partial charge in [0, 0.05) is 18.8 Å². The Morgan fingerprint density at radius 3 is 1.95 bits per heavy atom. The van der Waals surface area contributed by atoms with Gasteiger partial charge in [0.1, 0.15) is 0 Å². The lowest BCUT2D eigenvalue weighted by molar-refractivity contribution is -0.137. The molecule has 1 aromatic rings. The summed E-state index contributed by atoms with van der Waals surface area (Å²) in [5, 5.41) is 0. The van der Waals surface area contributed by atoms with Gasteiger partial charge in [0.15, 0.2) is 6.29 Å². The number of rotatable bonds is 6. The zero-order valence-electron chi connectivity index (χ0n) is 11.0. The second kappa shape index (κ2) is 6.73. The summed E-state index contributed by atoms with van der Waals surface area (Å²) in [5.74, 6) is 0. The number of hydrogen-bond donors (Lipinski definition) is 0. The van der Waals surface area contributed by atoms with Crippen molar-refractivity contribution in [2.75, 3.05) is 13.2 Å². The van der Waals surface area contributed by atoms with Gasteiger partial charge in [0.25, 0.3) is 0 Å². The Hall–Kier alpha value is -1.33. The Labute approximate surface area is 110 Å². The van der Waals surface area contributed by atoms with Gasteiger partial charge in [-0.25, -0.2) is 0 Å². The van der Waals surface area contributed by atoms with Crippen molar-refractivity contribution in [3.8, 4) is 0 Å². The zero-order valence-corrected chi connectivity index (χ0v) is 11.0. The fourth-order valence-electron chi connectivity index (χ4n) is 1.56. The maximum absolute atomic E-state index is 12.4. The van der Waals surface area contributed by atoms with Crippen LogP contribution in [0.4, 0.5) is 13.2 Å². The second-order valence-electron chi connectivity index (χ2n) is 3.84. The molecule has 0 aliphatic heterocycles. The quantitative estimate of drug-likeness (QED) is 0.726. The minimum absolute atomic E-state index is 0.435. The summed E-state index contributed by atoms with van der Waals surface area (Å²) < 4.78 is 48.1. The van der Waals surface area contributed by atoms with E-state index in [9.17, 15) is 13.2 Å². The molecule has 106 valence electrons. The molecule has 0 unspecified atom stereocenters. The molecule has 0 amide bonds. The van der Waals surface area contributed by atoms with E-state index in [0.29, 0.717) is 24.4 Å². The fourth-order valence-corrected chi connectivity index (χ4v) is 1.56. The molecule has 0 fully saturated rings. The lowest BCUT2D eigenvalue weighted by atomic mass is 10.0. The molecule has 1 rings (SSSR count). The van der Waals surface area contributed by atoms with Crippen molar-refractivity contribution in [3.05, 3.63) is 42.0 Å². The Balaban J connectivity index is 2.87. The average Bonchev–Trinajstić information content (AvgIpc) is 2.37. The standard InChI is InChI=1S/C14H17F3O2/c1-4-18-13(19-5-2)10(3)11-6-8-12(9-7-11)14(15,16)17/h6-9,13H,3-5H2,1-2H3. The minimum Gasteiger partial charge on any atom is -0.349 e. The molecule has 0 aromatic heterocycles. The van der Waals surface area contributed by atoms with Gasteiger partial charge in [-0.3, -0.25) is 0 Å². The van der Waals surface area contributed by atoms with Crippen LogP contribution >= 0.6 is 0 Å². The zero-order chi connectivity index (χ0) is 14.5. The minimum atomic E-state index is -4.33. The van der Waals surface area contributed by atoms with Crippen LogP contribution in [0.5, 0.6) is 0 Å². The van der Waals surface area contributed by atoms with E-state index < -0.39 is 18.0 Å². The second-order valence-corrected chi connectivity index (χ2v) is 3.84. The lowest BCUT2D eigenvalue weighted by Crippen LogP contribution is -2.18. The van der Waals surface area contributed by atoms with Crippen molar-refractivity contribution in [3.63, 3.8) is 0 Å². The summed E-state index contributed by atoms with van der Waals surface area (Å²) in [6, 6.07) is 4.79. The molecule has 0 N–H and O–H groups in total. The summed E-state index contributed by atoms with van der Waals surface area (Å²) in [4.78, 5) is 0. The Morgan fingerprint density at radius 1 is 1.11 bits per heavy atom. The SMILES string of the molecule is C=C(c1ccc(C(F)(F)F)cc1)C(OCC)OCC. The highest BCUT2D eigenvalue weighted by atomic mass is 19.4. The largest absolute Gasteiger partial charge is 0.416 e. The molecule has 0 bridgehead atoms. The van der Waals surface area contributed by atoms with Crippen LogP contribution in [0.2, 0.25) is 0 Å². The van der Waals surface area contributed by atoms with Crippen LogP contribution < -0.4 is 0 Å². The molecular formula is C14H17F3O2. The number of halogens is 3.